The zero-order valence-corrected chi connectivity index (χ0v) is 11.8. The Bertz CT molecular complexity index is 783. The summed E-state index contributed by atoms with van der Waals surface area (Å²) in [5.74, 6) is -1.16. The lowest BCUT2D eigenvalue weighted by atomic mass is 10.2. The van der Waals surface area contributed by atoms with Gasteiger partial charge in [-0.25, -0.2) is 13.2 Å². The molecule has 1 aromatic carbocycles. The summed E-state index contributed by atoms with van der Waals surface area (Å²) in [4.78, 5) is 14.0. The molecule has 1 aliphatic rings. The monoisotopic (exact) mass is 310 g/mol. The van der Waals surface area contributed by atoms with Crippen molar-refractivity contribution in [3.63, 3.8) is 0 Å². The fraction of sp³-hybridized carbons (Fsp3) is 0.308. The molecule has 2 heterocycles. The molecule has 0 saturated carbocycles. The molecular formula is C13H14N2O5S. The quantitative estimate of drug-likeness (QED) is 0.866. The lowest BCUT2D eigenvalue weighted by Gasteiger charge is -2.29. The Morgan fingerprint density at radius 2 is 2.14 bits per heavy atom. The highest BCUT2D eigenvalue weighted by atomic mass is 32.2. The van der Waals surface area contributed by atoms with Gasteiger partial charge in [-0.1, -0.05) is 18.2 Å². The zero-order valence-electron chi connectivity index (χ0n) is 11.0. The maximum Gasteiger partial charge on any atom is 0.334 e. The number of hydrogen-bond donors (Lipinski definition) is 2. The number of nitrogens with zero attached hydrogens (tertiary/aromatic N) is 1. The van der Waals surface area contributed by atoms with Crippen molar-refractivity contribution in [1.29, 1.82) is 0 Å². The number of aromatic nitrogens is 1. The standard InChI is InChI=1S/C13H14N2O5S/c16-13(17)11-8-15(5-6-20-11)21(18,19)12-7-14-10-4-2-1-3-9(10)12/h1-4,7,11,14H,5-6,8H2,(H,16,17). The minimum Gasteiger partial charge on any atom is -0.479 e. The summed E-state index contributed by atoms with van der Waals surface area (Å²) < 4.78 is 31.6. The Morgan fingerprint density at radius 3 is 2.90 bits per heavy atom. The molecule has 1 saturated heterocycles. The Morgan fingerprint density at radius 1 is 1.38 bits per heavy atom. The van der Waals surface area contributed by atoms with Crippen LogP contribution < -0.4 is 0 Å². The number of ether oxygens (including phenoxy) is 1. The van der Waals surface area contributed by atoms with Crippen LogP contribution >= 0.6 is 0 Å². The summed E-state index contributed by atoms with van der Waals surface area (Å²) in [5, 5.41) is 9.56. The van der Waals surface area contributed by atoms with Crippen molar-refractivity contribution < 1.29 is 23.1 Å². The topological polar surface area (TPSA) is 99.7 Å². The number of rotatable bonds is 3. The molecule has 7 nitrogen and oxygen atoms in total. The Kier molecular flexibility index (Phi) is 3.44. The summed E-state index contributed by atoms with van der Waals surface area (Å²) in [7, 11) is -3.75. The van der Waals surface area contributed by atoms with Crippen molar-refractivity contribution in [2.24, 2.45) is 0 Å². The van der Waals surface area contributed by atoms with Gasteiger partial charge < -0.3 is 14.8 Å². The van der Waals surface area contributed by atoms with Gasteiger partial charge in [0.1, 0.15) is 4.90 Å². The number of benzene rings is 1. The predicted octanol–water partition coefficient (Wildman–Crippen LogP) is 0.642. The van der Waals surface area contributed by atoms with Crippen LogP contribution in [-0.2, 0) is 19.6 Å². The van der Waals surface area contributed by atoms with Gasteiger partial charge in [-0.15, -0.1) is 0 Å². The third-order valence-electron chi connectivity index (χ3n) is 3.47. The molecule has 1 aliphatic heterocycles. The van der Waals surface area contributed by atoms with Gasteiger partial charge in [-0.05, 0) is 6.07 Å². The molecular weight excluding hydrogens is 296 g/mol. The number of carboxylic acid groups (broad SMARTS) is 1. The van der Waals surface area contributed by atoms with Gasteiger partial charge in [0.25, 0.3) is 0 Å². The molecule has 1 unspecified atom stereocenters. The number of nitrogens with one attached hydrogen (secondary N) is 1. The SMILES string of the molecule is O=C(O)C1CN(S(=O)(=O)c2c[nH]c3ccccc23)CCO1. The Labute approximate surface area is 121 Å². The van der Waals surface area contributed by atoms with Crippen molar-refractivity contribution in [2.75, 3.05) is 19.7 Å². The maximum atomic E-state index is 12.7. The average molecular weight is 310 g/mol. The predicted molar refractivity (Wildman–Crippen MR) is 74.4 cm³/mol. The summed E-state index contributed by atoms with van der Waals surface area (Å²) in [5.41, 5.74) is 0.721. The highest BCUT2D eigenvalue weighted by Crippen LogP contribution is 2.26. The van der Waals surface area contributed by atoms with Crippen LogP contribution in [-0.4, -0.2) is 54.6 Å². The number of carbonyl (C=O) groups is 1. The third-order valence-corrected chi connectivity index (χ3v) is 5.38. The van der Waals surface area contributed by atoms with Gasteiger partial charge in [0, 0.05) is 23.6 Å². The smallest absolute Gasteiger partial charge is 0.334 e. The molecule has 2 aromatic rings. The van der Waals surface area contributed by atoms with Crippen molar-refractivity contribution in [3.05, 3.63) is 30.5 Å². The van der Waals surface area contributed by atoms with E-state index in [0.29, 0.717) is 5.39 Å². The molecule has 0 radical (unpaired) electrons. The van der Waals surface area contributed by atoms with E-state index in [2.05, 4.69) is 4.98 Å². The summed E-state index contributed by atoms with van der Waals surface area (Å²) >= 11 is 0. The number of aliphatic carboxylic acids is 1. The van der Waals surface area contributed by atoms with Gasteiger partial charge in [-0.2, -0.15) is 4.31 Å². The second kappa shape index (κ2) is 5.14. The highest BCUT2D eigenvalue weighted by Gasteiger charge is 2.35. The van der Waals surface area contributed by atoms with Crippen LogP contribution in [0.25, 0.3) is 10.9 Å². The van der Waals surface area contributed by atoms with E-state index in [9.17, 15) is 13.2 Å². The number of para-hydroxylation sites is 1. The van der Waals surface area contributed by atoms with Gasteiger partial charge in [0.2, 0.25) is 10.0 Å². The summed E-state index contributed by atoms with van der Waals surface area (Å²) in [6.07, 6.45) is 0.310. The second-order valence-electron chi connectivity index (χ2n) is 4.76. The number of hydrogen-bond acceptors (Lipinski definition) is 4. The Balaban J connectivity index is 1.98. The van der Waals surface area contributed by atoms with Crippen LogP contribution in [0.5, 0.6) is 0 Å². The number of carboxylic acids is 1. The first-order valence-electron chi connectivity index (χ1n) is 6.41. The van der Waals surface area contributed by atoms with Gasteiger partial charge >= 0.3 is 5.97 Å². The third kappa shape index (κ3) is 2.41. The highest BCUT2D eigenvalue weighted by molar-refractivity contribution is 7.89. The first-order valence-corrected chi connectivity index (χ1v) is 7.85. The zero-order chi connectivity index (χ0) is 15.0. The van der Waals surface area contributed by atoms with Crippen LogP contribution in [0.4, 0.5) is 0 Å². The van der Waals surface area contributed by atoms with E-state index in [4.69, 9.17) is 9.84 Å². The van der Waals surface area contributed by atoms with Gasteiger partial charge in [-0.3, -0.25) is 0 Å². The number of aromatic amines is 1. The fourth-order valence-corrected chi connectivity index (χ4v) is 3.98. The average Bonchev–Trinajstić information content (AvgIpc) is 2.92. The maximum absolute atomic E-state index is 12.7. The molecule has 2 N–H and O–H groups in total. The normalized spacial score (nSPS) is 20.7. The van der Waals surface area contributed by atoms with Crippen molar-refractivity contribution in [2.45, 2.75) is 11.0 Å². The van der Waals surface area contributed by atoms with Crippen molar-refractivity contribution >= 4 is 26.9 Å². The molecule has 0 aliphatic carbocycles. The van der Waals surface area contributed by atoms with Crippen molar-refractivity contribution in [3.8, 4) is 0 Å². The molecule has 1 aromatic heterocycles. The molecule has 0 amide bonds. The molecule has 1 atom stereocenters. The minimum absolute atomic E-state index is 0.0680. The lowest BCUT2D eigenvalue weighted by molar-refractivity contribution is -0.153. The van der Waals surface area contributed by atoms with Crippen LogP contribution in [0.15, 0.2) is 35.4 Å². The molecule has 3 rings (SSSR count). The van der Waals surface area contributed by atoms with E-state index in [1.54, 1.807) is 18.2 Å². The van der Waals surface area contributed by atoms with Gasteiger partial charge in [0.05, 0.1) is 13.2 Å². The molecule has 8 heteroatoms. The van der Waals surface area contributed by atoms with Crippen LogP contribution in [0.3, 0.4) is 0 Å². The van der Waals surface area contributed by atoms with Crippen LogP contribution in [0.1, 0.15) is 0 Å². The number of fused-ring (bicyclic) bond motifs is 1. The summed E-state index contributed by atoms with van der Waals surface area (Å²) in [6, 6.07) is 7.07. The van der Waals surface area contributed by atoms with E-state index < -0.39 is 22.1 Å². The number of morpholine rings is 1. The Hall–Kier alpha value is -1.90. The molecule has 0 bridgehead atoms. The number of sulfonamides is 1. The number of H-pyrrole nitrogens is 1. The van der Waals surface area contributed by atoms with E-state index in [0.717, 1.165) is 9.82 Å². The first-order chi connectivity index (χ1) is 10.00. The fourth-order valence-electron chi connectivity index (χ4n) is 2.39. The summed E-state index contributed by atoms with van der Waals surface area (Å²) in [6.45, 7) is 0.0291. The lowest BCUT2D eigenvalue weighted by Crippen LogP contribution is -2.48. The largest absolute Gasteiger partial charge is 0.479 e. The van der Waals surface area contributed by atoms with Crippen LogP contribution in [0, 0.1) is 0 Å². The van der Waals surface area contributed by atoms with E-state index >= 15 is 0 Å². The van der Waals surface area contributed by atoms with E-state index in [1.165, 1.54) is 6.20 Å². The van der Waals surface area contributed by atoms with E-state index in [-0.39, 0.29) is 24.6 Å². The van der Waals surface area contributed by atoms with E-state index in [1.807, 2.05) is 6.07 Å². The molecule has 112 valence electrons. The molecule has 21 heavy (non-hydrogen) atoms. The van der Waals surface area contributed by atoms with Gasteiger partial charge in [0.15, 0.2) is 6.10 Å². The van der Waals surface area contributed by atoms with Crippen molar-refractivity contribution in [1.82, 2.24) is 9.29 Å². The molecule has 1 fully saturated rings. The van der Waals surface area contributed by atoms with Crippen LogP contribution in [0.2, 0.25) is 0 Å². The molecule has 0 spiro atoms. The second-order valence-corrected chi connectivity index (χ2v) is 6.67. The minimum atomic E-state index is -3.75. The first kappa shape index (κ1) is 14.1.